The molecule has 61 heteroatoms. The predicted molar refractivity (Wildman–Crippen MR) is 214 cm³/mol. The van der Waals surface area contributed by atoms with Crippen LogP contribution in [0.3, 0.4) is 0 Å². The van der Waals surface area contributed by atoms with Crippen molar-refractivity contribution in [1.82, 2.24) is 0 Å². The fourth-order valence-corrected chi connectivity index (χ4v) is 0. The number of hydrogen-bond acceptors (Lipinski definition) is 20. The van der Waals surface area contributed by atoms with Crippen LogP contribution in [0.25, 0.3) is 0 Å². The standard InChI is InChI=1S/20CH2O3.Na.H/c20*2-1(3)4;;/h20*(H2,2,3,4);;/q;;;;;;;;;;;;;;;;;;;;+1;-1. The van der Waals surface area contributed by atoms with Gasteiger partial charge in [-0.15, -0.1) is 0 Å². The molecule has 0 unspecified atom stereocenters. The molecule has 0 saturated heterocycles. The van der Waals surface area contributed by atoms with Gasteiger partial charge in [0.05, 0.1) is 0 Å². The fraction of sp³-hybridized carbons (Fsp3) is 0. The van der Waals surface area contributed by atoms with Gasteiger partial charge in [0.1, 0.15) is 0 Å². The van der Waals surface area contributed by atoms with Gasteiger partial charge in [0, 0.05) is 0 Å². The van der Waals surface area contributed by atoms with Gasteiger partial charge >= 0.3 is 153 Å². The molecule has 0 aromatic heterocycles. The van der Waals surface area contributed by atoms with E-state index in [9.17, 15) is 0 Å². The molecule has 0 bridgehead atoms. The fourth-order valence-electron chi connectivity index (χ4n) is 0. The van der Waals surface area contributed by atoms with Crippen LogP contribution in [0.4, 0.5) is 95.9 Å². The first-order chi connectivity index (χ1) is 34.6. The van der Waals surface area contributed by atoms with Crippen LogP contribution in [-0.2, 0) is 0 Å². The van der Waals surface area contributed by atoms with Crippen molar-refractivity contribution >= 4 is 123 Å². The first kappa shape index (κ1) is 138. The summed E-state index contributed by atoms with van der Waals surface area (Å²) in [5.74, 6) is 0. The average Bonchev–Trinajstić information content (AvgIpc) is 2.99. The molecule has 0 aliphatic rings. The number of carboxylic acid groups (broad SMARTS) is 40. The Kier molecular flexibility index (Phi) is 225. The molecule has 0 rings (SSSR count). The predicted octanol–water partition coefficient (Wildman–Crippen LogP) is 1.56. The van der Waals surface area contributed by atoms with Gasteiger partial charge in [-0.1, -0.05) is 0 Å². The van der Waals surface area contributed by atoms with E-state index in [0.29, 0.717) is 0 Å². The summed E-state index contributed by atoms with van der Waals surface area (Å²) in [5, 5.41) is 279. The van der Waals surface area contributed by atoms with Crippen molar-refractivity contribution in [2.45, 2.75) is 0 Å². The first-order valence-corrected chi connectivity index (χ1v) is 13.0. The number of hydrogen-bond donors (Lipinski definition) is 40. The maximum atomic E-state index is 8.56. The average molecular weight is 1260 g/mol. The minimum absolute atomic E-state index is 0. The SMILES string of the molecule is O=C(O)O.O=C(O)O.O=C(O)O.O=C(O)O.O=C(O)O.O=C(O)O.O=C(O)O.O=C(O)O.O=C(O)O.O=C(O)O.O=C(O)O.O=C(O)O.O=C(O)O.O=C(O)O.O=C(O)O.O=C(O)O.O=C(O)O.O=C(O)O.O=C(O)O.O=C(O)O.[H-].[Na+]. The molecule has 0 heterocycles. The van der Waals surface area contributed by atoms with Crippen LogP contribution in [0.5, 0.6) is 0 Å². The van der Waals surface area contributed by atoms with E-state index >= 15 is 0 Å². The molecule has 40 N–H and O–H groups in total. The van der Waals surface area contributed by atoms with Crippen LogP contribution in [0.2, 0.25) is 0 Å². The van der Waals surface area contributed by atoms with E-state index in [0.717, 1.165) is 0 Å². The van der Waals surface area contributed by atoms with Crippen molar-refractivity contribution in [2.75, 3.05) is 0 Å². The Labute approximate surface area is 454 Å². The second kappa shape index (κ2) is 132. The molecule has 0 radical (unpaired) electrons. The van der Waals surface area contributed by atoms with Crippen LogP contribution in [-0.4, -0.2) is 327 Å². The summed E-state index contributed by atoms with van der Waals surface area (Å²) >= 11 is 0. The molecule has 482 valence electrons. The van der Waals surface area contributed by atoms with Gasteiger partial charge in [-0.2, -0.15) is 0 Å². The maximum absolute atomic E-state index is 8.56. The van der Waals surface area contributed by atoms with Crippen LogP contribution >= 0.6 is 0 Å². The maximum Gasteiger partial charge on any atom is 1.00 e. The molecule has 60 nitrogen and oxygen atoms in total. The van der Waals surface area contributed by atoms with Crippen molar-refractivity contribution in [1.29, 1.82) is 0 Å². The van der Waals surface area contributed by atoms with Crippen LogP contribution in [0.1, 0.15) is 1.43 Å². The Hall–Kier alpha value is -13.6. The van der Waals surface area contributed by atoms with Gasteiger partial charge in [0.25, 0.3) is 0 Å². The van der Waals surface area contributed by atoms with E-state index in [1.165, 1.54) is 0 Å². The third-order valence-corrected chi connectivity index (χ3v) is 0. The molecular weight excluding hydrogens is 1220 g/mol. The monoisotopic (exact) mass is 1260 g/mol. The van der Waals surface area contributed by atoms with Crippen LogP contribution in [0.15, 0.2) is 0 Å². The smallest absolute Gasteiger partial charge is 1.00 e. The Morgan fingerprint density at radius 2 is 0.0988 bits per heavy atom. The van der Waals surface area contributed by atoms with Crippen LogP contribution < -0.4 is 29.6 Å². The van der Waals surface area contributed by atoms with Gasteiger partial charge in [-0.25, -0.2) is 95.9 Å². The molecule has 0 aromatic rings. The molecule has 0 amide bonds. The first-order valence-electron chi connectivity index (χ1n) is 13.0. The summed E-state index contributed by atoms with van der Waals surface area (Å²) in [7, 11) is 0. The summed E-state index contributed by atoms with van der Waals surface area (Å²) in [5.41, 5.74) is 0. The van der Waals surface area contributed by atoms with Crippen molar-refractivity contribution < 1.29 is 331 Å². The molecular formula is C20H41NaO60. The third kappa shape index (κ3) is 1490. The summed E-state index contributed by atoms with van der Waals surface area (Å²) in [6, 6.07) is 0. The Balaban J connectivity index is -0.0000000231. The summed E-state index contributed by atoms with van der Waals surface area (Å²) in [4.78, 5) is 171. The molecule has 0 aliphatic heterocycles. The van der Waals surface area contributed by atoms with Gasteiger partial charge in [0.2, 0.25) is 0 Å². The molecule has 0 spiro atoms. The molecule has 0 aliphatic carbocycles. The molecule has 0 aromatic carbocycles. The zero-order valence-electron chi connectivity index (χ0n) is 38.1. The van der Waals surface area contributed by atoms with E-state index in [2.05, 4.69) is 0 Å². The quantitative estimate of drug-likeness (QED) is 0.153. The number of rotatable bonds is 0. The minimum atomic E-state index is -1.83. The molecule has 81 heavy (non-hydrogen) atoms. The van der Waals surface area contributed by atoms with Gasteiger partial charge in [-0.3, -0.25) is 0 Å². The van der Waals surface area contributed by atoms with Crippen molar-refractivity contribution in [2.24, 2.45) is 0 Å². The Morgan fingerprint density at radius 3 is 0.0988 bits per heavy atom. The van der Waals surface area contributed by atoms with E-state index in [1.807, 2.05) is 0 Å². The van der Waals surface area contributed by atoms with E-state index in [1.54, 1.807) is 0 Å². The topological polar surface area (TPSA) is 1150 Å². The van der Waals surface area contributed by atoms with E-state index in [4.69, 9.17) is 300 Å². The third-order valence-electron chi connectivity index (χ3n) is 0. The van der Waals surface area contributed by atoms with Gasteiger partial charge in [0.15, 0.2) is 0 Å². The molecule has 0 saturated carbocycles. The zero-order valence-corrected chi connectivity index (χ0v) is 39.1. The Bertz CT molecular complexity index is 1060. The molecule has 0 fully saturated rings. The minimum Gasteiger partial charge on any atom is -1.00 e. The molecule has 0 atom stereocenters. The number of carbonyl (C=O) groups is 20. The van der Waals surface area contributed by atoms with Crippen molar-refractivity contribution in [3.8, 4) is 0 Å². The van der Waals surface area contributed by atoms with Crippen molar-refractivity contribution in [3.63, 3.8) is 0 Å². The normalized spacial score (nSPS) is 5.93. The Morgan fingerprint density at radius 1 is 0.0988 bits per heavy atom. The van der Waals surface area contributed by atoms with Crippen molar-refractivity contribution in [3.05, 3.63) is 0 Å². The van der Waals surface area contributed by atoms with E-state index < -0.39 is 123 Å². The summed E-state index contributed by atoms with van der Waals surface area (Å²) in [6.07, 6.45) is -36.7. The second-order valence-electron chi connectivity index (χ2n) is 5.65. The summed E-state index contributed by atoms with van der Waals surface area (Å²) < 4.78 is 0. The summed E-state index contributed by atoms with van der Waals surface area (Å²) in [6.45, 7) is 0. The largest absolute Gasteiger partial charge is 1.00 e. The van der Waals surface area contributed by atoms with Gasteiger partial charge in [-0.05, 0) is 0 Å². The van der Waals surface area contributed by atoms with E-state index in [-0.39, 0.29) is 31.0 Å². The van der Waals surface area contributed by atoms with Gasteiger partial charge < -0.3 is 206 Å². The second-order valence-corrected chi connectivity index (χ2v) is 5.65. The van der Waals surface area contributed by atoms with Crippen LogP contribution in [0, 0.1) is 0 Å². The zero-order chi connectivity index (χ0) is 71.5.